The highest BCUT2D eigenvalue weighted by Gasteiger charge is 2.18. The highest BCUT2D eigenvalue weighted by atomic mass is 16.5. The Balaban J connectivity index is 1.65. The van der Waals surface area contributed by atoms with Gasteiger partial charge in [0.2, 0.25) is 0 Å². The molecule has 5 rings (SSSR count). The van der Waals surface area contributed by atoms with E-state index in [0.29, 0.717) is 33.7 Å². The van der Waals surface area contributed by atoms with Crippen molar-refractivity contribution < 1.29 is 14.6 Å². The molecule has 0 radical (unpaired) electrons. The number of aromatic carboxylic acids is 1. The van der Waals surface area contributed by atoms with Crippen LogP contribution in [0, 0.1) is 11.3 Å². The number of ether oxygens (including phenoxy) is 1. The van der Waals surface area contributed by atoms with Crippen molar-refractivity contribution in [1.82, 2.24) is 14.5 Å². The van der Waals surface area contributed by atoms with Crippen molar-refractivity contribution >= 4 is 16.9 Å². The maximum absolute atomic E-state index is 12.5. The first-order valence-electron chi connectivity index (χ1n) is 10.0. The molecule has 0 saturated carbocycles. The molecule has 9 heteroatoms. The summed E-state index contributed by atoms with van der Waals surface area (Å²) in [6.45, 7) is 0. The SMILES string of the molecule is N#Cc1ccc2cc3c(=O)[nH]c(=O)nc-3n(-c3ccc(Oc4cccc(C(=O)O)c4)cc3)c2c1. The lowest BCUT2D eigenvalue weighted by Crippen LogP contribution is -2.27. The number of hydrogen-bond donors (Lipinski definition) is 2. The van der Waals surface area contributed by atoms with Gasteiger partial charge in [-0.25, -0.2) is 9.59 Å². The Morgan fingerprint density at radius 2 is 1.79 bits per heavy atom. The minimum absolute atomic E-state index is 0.102. The van der Waals surface area contributed by atoms with Crippen LogP contribution in [0.3, 0.4) is 0 Å². The first-order valence-corrected chi connectivity index (χ1v) is 10.0. The largest absolute Gasteiger partial charge is 0.478 e. The van der Waals surface area contributed by atoms with E-state index in [9.17, 15) is 19.6 Å². The zero-order valence-corrected chi connectivity index (χ0v) is 17.4. The van der Waals surface area contributed by atoms with Crippen molar-refractivity contribution in [2.75, 3.05) is 0 Å². The van der Waals surface area contributed by atoms with Crippen LogP contribution in [0.5, 0.6) is 11.5 Å². The van der Waals surface area contributed by atoms with E-state index < -0.39 is 17.2 Å². The van der Waals surface area contributed by atoms with Gasteiger partial charge in [-0.15, -0.1) is 0 Å². The van der Waals surface area contributed by atoms with Crippen LogP contribution in [-0.4, -0.2) is 25.6 Å². The van der Waals surface area contributed by atoms with Gasteiger partial charge in [0.1, 0.15) is 11.5 Å². The molecule has 0 amide bonds. The molecule has 0 saturated heterocycles. The third-order valence-corrected chi connectivity index (χ3v) is 5.24. The minimum atomic E-state index is -1.06. The van der Waals surface area contributed by atoms with E-state index in [1.54, 1.807) is 65.2 Å². The fraction of sp³-hybridized carbons (Fsp3) is 0. The van der Waals surface area contributed by atoms with E-state index in [0.717, 1.165) is 0 Å². The van der Waals surface area contributed by atoms with Gasteiger partial charge in [-0.2, -0.15) is 10.2 Å². The molecule has 0 unspecified atom stereocenters. The van der Waals surface area contributed by atoms with Gasteiger partial charge in [0, 0.05) is 5.69 Å². The van der Waals surface area contributed by atoms with Crippen LogP contribution in [0.4, 0.5) is 0 Å². The second-order valence-corrected chi connectivity index (χ2v) is 7.40. The number of carboxylic acids is 1. The molecule has 2 N–H and O–H groups in total. The van der Waals surface area contributed by atoms with Gasteiger partial charge < -0.3 is 9.84 Å². The van der Waals surface area contributed by atoms with Gasteiger partial charge >= 0.3 is 11.7 Å². The Hall–Kier alpha value is -5.23. The number of nitriles is 1. The summed E-state index contributed by atoms with van der Waals surface area (Å²) < 4.78 is 7.41. The van der Waals surface area contributed by atoms with E-state index in [4.69, 9.17) is 9.84 Å². The Labute approximate surface area is 191 Å². The second-order valence-electron chi connectivity index (χ2n) is 7.40. The van der Waals surface area contributed by atoms with Gasteiger partial charge in [0.25, 0.3) is 5.56 Å². The third kappa shape index (κ3) is 3.65. The number of nitrogens with one attached hydrogen (secondary N) is 1. The topological polar surface area (TPSA) is 138 Å². The van der Waals surface area contributed by atoms with Gasteiger partial charge in [0.15, 0.2) is 5.82 Å². The monoisotopic (exact) mass is 450 g/mol. The molecule has 3 aromatic carbocycles. The molecule has 34 heavy (non-hydrogen) atoms. The molecule has 2 aliphatic heterocycles. The minimum Gasteiger partial charge on any atom is -0.478 e. The molecular formula is C25H14N4O5. The van der Waals surface area contributed by atoms with Gasteiger partial charge in [-0.1, -0.05) is 12.1 Å². The van der Waals surface area contributed by atoms with Crippen molar-refractivity contribution in [3.05, 3.63) is 105 Å². The average Bonchev–Trinajstić information content (AvgIpc) is 2.83. The summed E-state index contributed by atoms with van der Waals surface area (Å²) in [4.78, 5) is 41.8. The number of benzene rings is 3. The Kier molecular flexibility index (Phi) is 4.88. The number of fused-ring (bicyclic) bond motifs is 2. The van der Waals surface area contributed by atoms with Crippen LogP contribution in [0.2, 0.25) is 0 Å². The number of carbonyl (C=O) groups is 1. The van der Waals surface area contributed by atoms with Crippen molar-refractivity contribution in [3.63, 3.8) is 0 Å². The van der Waals surface area contributed by atoms with E-state index in [2.05, 4.69) is 16.0 Å². The highest BCUT2D eigenvalue weighted by Crippen LogP contribution is 2.30. The van der Waals surface area contributed by atoms with Crippen molar-refractivity contribution in [2.24, 2.45) is 0 Å². The molecule has 2 heterocycles. The number of pyridine rings is 1. The quantitative estimate of drug-likeness (QED) is 0.399. The van der Waals surface area contributed by atoms with Crippen LogP contribution >= 0.6 is 0 Å². The van der Waals surface area contributed by atoms with Crippen molar-refractivity contribution in [1.29, 1.82) is 5.26 Å². The Morgan fingerprint density at radius 1 is 1.00 bits per heavy atom. The molecule has 0 spiro atoms. The maximum atomic E-state index is 12.5. The first-order chi connectivity index (χ1) is 16.4. The summed E-state index contributed by atoms with van der Waals surface area (Å²) in [5, 5.41) is 19.2. The Morgan fingerprint density at radius 3 is 2.53 bits per heavy atom. The third-order valence-electron chi connectivity index (χ3n) is 5.24. The predicted octanol–water partition coefficient (Wildman–Crippen LogP) is 3.54. The van der Waals surface area contributed by atoms with Crippen LogP contribution in [0.1, 0.15) is 15.9 Å². The Bertz CT molecular complexity index is 1710. The number of rotatable bonds is 4. The maximum Gasteiger partial charge on any atom is 0.349 e. The van der Waals surface area contributed by atoms with Gasteiger partial charge in [0.05, 0.1) is 28.3 Å². The van der Waals surface area contributed by atoms with Crippen LogP contribution in [0.25, 0.3) is 28.0 Å². The van der Waals surface area contributed by atoms with E-state index in [1.165, 1.54) is 12.1 Å². The summed E-state index contributed by atoms with van der Waals surface area (Å²) in [7, 11) is 0. The summed E-state index contributed by atoms with van der Waals surface area (Å²) >= 11 is 0. The molecular weight excluding hydrogens is 436 g/mol. The molecule has 3 aromatic rings. The average molecular weight is 450 g/mol. The first kappa shape index (κ1) is 20.7. The number of aromatic nitrogens is 3. The molecule has 0 aliphatic carbocycles. The van der Waals surface area contributed by atoms with E-state index in [1.807, 2.05) is 0 Å². The summed E-state index contributed by atoms with van der Waals surface area (Å²) in [5.41, 5.74) is 0.564. The molecule has 2 aliphatic rings. The fourth-order valence-electron chi connectivity index (χ4n) is 3.70. The molecule has 9 nitrogen and oxygen atoms in total. The molecule has 0 fully saturated rings. The van der Waals surface area contributed by atoms with Gasteiger partial charge in [-0.3, -0.25) is 14.3 Å². The zero-order valence-electron chi connectivity index (χ0n) is 17.4. The summed E-state index contributed by atoms with van der Waals surface area (Å²) in [6, 6.07) is 21.6. The van der Waals surface area contributed by atoms with E-state index in [-0.39, 0.29) is 17.0 Å². The lowest BCUT2D eigenvalue weighted by molar-refractivity contribution is 0.0696. The van der Waals surface area contributed by atoms with Crippen molar-refractivity contribution in [2.45, 2.75) is 0 Å². The molecule has 0 aromatic heterocycles. The van der Waals surface area contributed by atoms with Crippen molar-refractivity contribution in [3.8, 4) is 34.6 Å². The summed E-state index contributed by atoms with van der Waals surface area (Å²) in [6.07, 6.45) is 0. The van der Waals surface area contributed by atoms with Crippen LogP contribution in [-0.2, 0) is 0 Å². The zero-order chi connectivity index (χ0) is 23.8. The predicted molar refractivity (Wildman–Crippen MR) is 123 cm³/mol. The van der Waals surface area contributed by atoms with Crippen LogP contribution < -0.4 is 16.0 Å². The lowest BCUT2D eigenvalue weighted by atomic mass is 10.1. The van der Waals surface area contributed by atoms with Gasteiger partial charge in [-0.05, 0) is 66.0 Å². The second kappa shape index (κ2) is 8.03. The molecule has 0 bridgehead atoms. The number of nitrogens with zero attached hydrogens (tertiary/aromatic N) is 3. The fourth-order valence-corrected chi connectivity index (χ4v) is 3.70. The highest BCUT2D eigenvalue weighted by molar-refractivity contribution is 5.89. The molecule has 0 atom stereocenters. The normalized spacial score (nSPS) is 10.8. The van der Waals surface area contributed by atoms with Crippen LogP contribution in [0.15, 0.2) is 82.4 Å². The lowest BCUT2D eigenvalue weighted by Gasteiger charge is -2.18. The van der Waals surface area contributed by atoms with E-state index >= 15 is 0 Å². The standard InChI is InChI=1S/C25H14N4O5/c26-13-14-4-5-15-12-20-22(27-25(33)28-23(20)30)29(21(15)10-14)17-6-8-18(9-7-17)34-19-3-1-2-16(11-19)24(31)32/h1-12H,(H,31,32)(H,28,30,33). The number of hydrogen-bond acceptors (Lipinski definition) is 6. The smallest absolute Gasteiger partial charge is 0.349 e. The molecule has 164 valence electrons. The number of carboxylic acid groups (broad SMARTS) is 1. The summed E-state index contributed by atoms with van der Waals surface area (Å²) in [5.74, 6) is -0.0978. The number of H-pyrrole nitrogens is 1. The number of aromatic amines is 1.